The predicted octanol–water partition coefficient (Wildman–Crippen LogP) is -1.63. The summed E-state index contributed by atoms with van der Waals surface area (Å²) in [6, 6.07) is -2.16. The van der Waals surface area contributed by atoms with E-state index in [9.17, 15) is 14.4 Å². The first-order chi connectivity index (χ1) is 5.02. The number of hydroxylamine groups is 1. The van der Waals surface area contributed by atoms with Crippen LogP contribution in [0.3, 0.4) is 0 Å². The van der Waals surface area contributed by atoms with Gasteiger partial charge in [0, 0.05) is 0 Å². The lowest BCUT2D eigenvalue weighted by Crippen LogP contribution is -2.41. The van der Waals surface area contributed by atoms with E-state index in [1.54, 1.807) is 0 Å². The third kappa shape index (κ3) is 5.89. The van der Waals surface area contributed by atoms with E-state index in [4.69, 9.17) is 0 Å². The number of imide groups is 1. The molecular formula is C3H6N4O4. The maximum Gasteiger partial charge on any atom is 0.439 e. The zero-order chi connectivity index (χ0) is 8.85. The van der Waals surface area contributed by atoms with Gasteiger partial charge in [-0.15, -0.1) is 0 Å². The highest BCUT2D eigenvalue weighted by atomic mass is 16.7. The van der Waals surface area contributed by atoms with Crippen LogP contribution in [0.25, 0.3) is 0 Å². The van der Waals surface area contributed by atoms with Gasteiger partial charge in [0.05, 0.1) is 0 Å². The molecule has 0 unspecified atom stereocenters. The molecule has 0 aromatic heterocycles. The van der Waals surface area contributed by atoms with E-state index < -0.39 is 18.2 Å². The molecule has 11 heavy (non-hydrogen) atoms. The van der Waals surface area contributed by atoms with E-state index in [-0.39, 0.29) is 0 Å². The molecule has 0 saturated carbocycles. The fraction of sp³-hybridized carbons (Fsp3) is 0. The van der Waals surface area contributed by atoms with Crippen LogP contribution < -0.4 is 22.3 Å². The van der Waals surface area contributed by atoms with E-state index in [0.717, 1.165) is 0 Å². The molecule has 0 radical (unpaired) electrons. The first-order valence-electron chi connectivity index (χ1n) is 2.35. The second-order valence-corrected chi connectivity index (χ2v) is 1.35. The van der Waals surface area contributed by atoms with E-state index >= 15 is 0 Å². The van der Waals surface area contributed by atoms with Gasteiger partial charge in [0.1, 0.15) is 0 Å². The summed E-state index contributed by atoms with van der Waals surface area (Å²) >= 11 is 0. The van der Waals surface area contributed by atoms with Gasteiger partial charge in [0.25, 0.3) is 0 Å². The number of amides is 5. The summed E-state index contributed by atoms with van der Waals surface area (Å²) in [5.41, 5.74) is 10.5. The first-order valence-corrected chi connectivity index (χ1v) is 2.35. The van der Waals surface area contributed by atoms with Gasteiger partial charge in [-0.25, -0.2) is 19.7 Å². The fourth-order valence-electron chi connectivity index (χ4n) is 0.223. The maximum absolute atomic E-state index is 10.3. The van der Waals surface area contributed by atoms with E-state index in [2.05, 4.69) is 16.3 Å². The Hall–Kier alpha value is -1.99. The van der Waals surface area contributed by atoms with Crippen LogP contribution in [0.5, 0.6) is 0 Å². The zero-order valence-corrected chi connectivity index (χ0v) is 5.29. The molecular weight excluding hydrogens is 156 g/mol. The third-order valence-corrected chi connectivity index (χ3v) is 0.470. The minimum absolute atomic E-state index is 1.07. The lowest BCUT2D eigenvalue weighted by Gasteiger charge is -2.00. The lowest BCUT2D eigenvalue weighted by molar-refractivity contribution is 0.105. The second-order valence-electron chi connectivity index (χ2n) is 1.35. The Morgan fingerprint density at radius 1 is 1.09 bits per heavy atom. The van der Waals surface area contributed by atoms with Gasteiger partial charge in [-0.3, -0.25) is 0 Å². The van der Waals surface area contributed by atoms with Crippen LogP contribution >= 0.6 is 0 Å². The summed E-state index contributed by atoms with van der Waals surface area (Å²) in [5.74, 6) is 0. The monoisotopic (exact) mass is 162 g/mol. The molecule has 6 N–H and O–H groups in total. The molecule has 0 aliphatic carbocycles. The number of carbonyl (C=O) groups excluding carboxylic acids is 3. The molecule has 0 heterocycles. The Bertz CT molecular complexity index is 190. The highest BCUT2D eigenvalue weighted by Crippen LogP contribution is 1.69. The van der Waals surface area contributed by atoms with Crippen molar-refractivity contribution in [3.05, 3.63) is 0 Å². The molecule has 0 rings (SSSR count). The Kier molecular flexibility index (Phi) is 3.22. The molecule has 0 saturated heterocycles. The van der Waals surface area contributed by atoms with Crippen LogP contribution in [0, 0.1) is 0 Å². The third-order valence-electron chi connectivity index (χ3n) is 0.470. The maximum atomic E-state index is 10.3. The Labute approximate surface area is 60.8 Å². The molecule has 62 valence electrons. The predicted molar refractivity (Wildman–Crippen MR) is 31.9 cm³/mol. The number of hydrogen-bond donors (Lipinski definition) is 4. The van der Waals surface area contributed by atoms with Gasteiger partial charge < -0.3 is 16.3 Å². The standard InChI is InChI=1S/C3H6N4O4/c4-1(8)6-3(10)11-7-2(5)9/h(H3,5,7,9)(H3,4,6,8,10). The van der Waals surface area contributed by atoms with Gasteiger partial charge in [-0.2, -0.15) is 5.48 Å². The molecule has 0 aromatic rings. The normalized spacial score (nSPS) is 8.00. The molecule has 0 bridgehead atoms. The van der Waals surface area contributed by atoms with Crippen molar-refractivity contribution < 1.29 is 19.2 Å². The van der Waals surface area contributed by atoms with Gasteiger partial charge in [0.15, 0.2) is 0 Å². The van der Waals surface area contributed by atoms with Crippen molar-refractivity contribution in [2.75, 3.05) is 0 Å². The first kappa shape index (κ1) is 9.01. The van der Waals surface area contributed by atoms with Crippen LogP contribution in [0.4, 0.5) is 14.4 Å². The molecule has 0 aromatic carbocycles. The van der Waals surface area contributed by atoms with Crippen LogP contribution in [0.15, 0.2) is 0 Å². The zero-order valence-electron chi connectivity index (χ0n) is 5.29. The Morgan fingerprint density at radius 2 is 1.64 bits per heavy atom. The van der Waals surface area contributed by atoms with Crippen molar-refractivity contribution in [2.45, 2.75) is 0 Å². The average molecular weight is 162 g/mol. The minimum Gasteiger partial charge on any atom is -0.351 e. The second kappa shape index (κ2) is 3.93. The summed E-state index contributed by atoms with van der Waals surface area (Å²) in [5, 5.41) is 1.51. The van der Waals surface area contributed by atoms with Crippen molar-refractivity contribution in [2.24, 2.45) is 11.5 Å². The Morgan fingerprint density at radius 3 is 2.00 bits per heavy atom. The molecule has 0 spiro atoms. The molecule has 0 aliphatic rings. The SMILES string of the molecule is NC(=O)NOC(=O)NC(N)=O. The molecule has 0 fully saturated rings. The topological polar surface area (TPSA) is 137 Å². The summed E-state index contributed by atoms with van der Waals surface area (Å²) in [6.07, 6.45) is -1.21. The van der Waals surface area contributed by atoms with E-state index in [0.29, 0.717) is 0 Å². The van der Waals surface area contributed by atoms with Gasteiger partial charge in [-0.05, 0) is 0 Å². The largest absolute Gasteiger partial charge is 0.439 e. The summed E-state index contributed by atoms with van der Waals surface area (Å²) < 4.78 is 0. The molecule has 8 nitrogen and oxygen atoms in total. The Balaban J connectivity index is 3.53. The van der Waals surface area contributed by atoms with Crippen LogP contribution in [-0.4, -0.2) is 18.2 Å². The van der Waals surface area contributed by atoms with Crippen molar-refractivity contribution in [1.29, 1.82) is 0 Å². The van der Waals surface area contributed by atoms with Crippen molar-refractivity contribution in [1.82, 2.24) is 10.8 Å². The minimum atomic E-state index is -1.21. The van der Waals surface area contributed by atoms with Gasteiger partial charge in [-0.1, -0.05) is 0 Å². The van der Waals surface area contributed by atoms with Crippen LogP contribution in [-0.2, 0) is 4.84 Å². The highest BCUT2D eigenvalue weighted by Gasteiger charge is 2.04. The van der Waals surface area contributed by atoms with Crippen molar-refractivity contribution in [3.63, 3.8) is 0 Å². The number of rotatable bonds is 0. The summed E-state index contributed by atoms with van der Waals surface area (Å²) in [7, 11) is 0. The van der Waals surface area contributed by atoms with E-state index in [1.807, 2.05) is 0 Å². The van der Waals surface area contributed by atoms with Crippen LogP contribution in [0.1, 0.15) is 0 Å². The average Bonchev–Trinajstić information content (AvgIpc) is 1.82. The number of nitrogens with two attached hydrogens (primary N) is 2. The smallest absolute Gasteiger partial charge is 0.351 e. The van der Waals surface area contributed by atoms with Gasteiger partial charge >= 0.3 is 18.2 Å². The number of primary amides is 2. The number of carbonyl (C=O) groups is 3. The summed E-state index contributed by atoms with van der Waals surface area (Å²) in [6.45, 7) is 0. The van der Waals surface area contributed by atoms with Crippen molar-refractivity contribution >= 4 is 18.2 Å². The highest BCUT2D eigenvalue weighted by molar-refractivity contribution is 5.89. The number of urea groups is 2. The fourth-order valence-corrected chi connectivity index (χ4v) is 0.223. The molecule has 0 atom stereocenters. The number of hydrogen-bond acceptors (Lipinski definition) is 4. The molecule has 0 aliphatic heterocycles. The quantitative estimate of drug-likeness (QED) is 0.318. The molecule has 5 amide bonds. The van der Waals surface area contributed by atoms with Crippen LogP contribution in [0.2, 0.25) is 0 Å². The summed E-state index contributed by atoms with van der Waals surface area (Å²) in [4.78, 5) is 33.9. The van der Waals surface area contributed by atoms with E-state index in [1.165, 1.54) is 10.8 Å². The van der Waals surface area contributed by atoms with Gasteiger partial charge in [0.2, 0.25) is 0 Å². The van der Waals surface area contributed by atoms with Crippen molar-refractivity contribution in [3.8, 4) is 0 Å². The molecule has 8 heteroatoms. The lowest BCUT2D eigenvalue weighted by atomic mass is 11.0. The number of nitrogens with one attached hydrogen (secondary N) is 2.